The summed E-state index contributed by atoms with van der Waals surface area (Å²) in [5.74, 6) is 0. The fourth-order valence-corrected chi connectivity index (χ4v) is 1.32. The molecule has 0 bridgehead atoms. The summed E-state index contributed by atoms with van der Waals surface area (Å²) >= 11 is 0. The first-order chi connectivity index (χ1) is 6.19. The SMILES string of the molecule is C=Cc1ccc(/C(C)=C/C)cc1C. The average molecular weight is 172 g/mol. The zero-order valence-electron chi connectivity index (χ0n) is 8.59. The fourth-order valence-electron chi connectivity index (χ4n) is 1.32. The molecule has 0 atom stereocenters. The van der Waals surface area contributed by atoms with Crippen LogP contribution in [0.5, 0.6) is 0 Å². The highest BCUT2D eigenvalue weighted by molar-refractivity contribution is 5.66. The molecule has 1 rings (SSSR count). The van der Waals surface area contributed by atoms with Crippen molar-refractivity contribution in [1.82, 2.24) is 0 Å². The summed E-state index contributed by atoms with van der Waals surface area (Å²) in [6.07, 6.45) is 4.02. The molecule has 0 aromatic heterocycles. The third kappa shape index (κ3) is 2.09. The molecule has 0 saturated heterocycles. The van der Waals surface area contributed by atoms with Crippen molar-refractivity contribution in [3.63, 3.8) is 0 Å². The van der Waals surface area contributed by atoms with Crippen molar-refractivity contribution in [2.75, 3.05) is 0 Å². The Morgan fingerprint density at radius 1 is 1.38 bits per heavy atom. The summed E-state index contributed by atoms with van der Waals surface area (Å²) in [5.41, 5.74) is 5.12. The standard InChI is InChI=1S/C13H16/c1-5-10(3)13-8-7-12(6-2)11(4)9-13/h5-9H,2H2,1,3-4H3/b10-5+. The second-order valence-corrected chi connectivity index (χ2v) is 3.25. The van der Waals surface area contributed by atoms with Crippen molar-refractivity contribution in [2.24, 2.45) is 0 Å². The van der Waals surface area contributed by atoms with Crippen molar-refractivity contribution in [1.29, 1.82) is 0 Å². The third-order valence-electron chi connectivity index (χ3n) is 2.38. The highest BCUT2D eigenvalue weighted by Gasteiger charge is 1.97. The van der Waals surface area contributed by atoms with Crippen LogP contribution in [0.2, 0.25) is 0 Å². The van der Waals surface area contributed by atoms with Gasteiger partial charge in [-0.15, -0.1) is 0 Å². The third-order valence-corrected chi connectivity index (χ3v) is 2.38. The minimum absolute atomic E-state index is 1.22. The van der Waals surface area contributed by atoms with Crippen LogP contribution in [0.4, 0.5) is 0 Å². The molecule has 13 heavy (non-hydrogen) atoms. The molecule has 0 unspecified atom stereocenters. The van der Waals surface area contributed by atoms with Gasteiger partial charge in [0.15, 0.2) is 0 Å². The van der Waals surface area contributed by atoms with Gasteiger partial charge in [0.1, 0.15) is 0 Å². The number of rotatable bonds is 2. The summed E-state index contributed by atoms with van der Waals surface area (Å²) in [4.78, 5) is 0. The molecule has 0 heterocycles. The van der Waals surface area contributed by atoms with E-state index in [0.29, 0.717) is 0 Å². The number of aryl methyl sites for hydroxylation is 1. The van der Waals surface area contributed by atoms with Crippen LogP contribution in [0.15, 0.2) is 30.9 Å². The van der Waals surface area contributed by atoms with E-state index >= 15 is 0 Å². The molecular formula is C13H16. The lowest BCUT2D eigenvalue weighted by molar-refractivity contribution is 1.41. The fraction of sp³-hybridized carbons (Fsp3) is 0.231. The van der Waals surface area contributed by atoms with Crippen molar-refractivity contribution >= 4 is 11.6 Å². The topological polar surface area (TPSA) is 0 Å². The largest absolute Gasteiger partial charge is 0.0985 e. The zero-order chi connectivity index (χ0) is 9.84. The second kappa shape index (κ2) is 4.08. The number of hydrogen-bond acceptors (Lipinski definition) is 0. The summed E-state index contributed by atoms with van der Waals surface area (Å²) in [6.45, 7) is 10.1. The molecule has 0 saturated carbocycles. The Labute approximate surface area is 80.6 Å². The van der Waals surface area contributed by atoms with Crippen LogP contribution >= 0.6 is 0 Å². The smallest absolute Gasteiger partial charge is 0.0228 e. The van der Waals surface area contributed by atoms with E-state index in [1.807, 2.05) is 6.08 Å². The molecule has 0 spiro atoms. The van der Waals surface area contributed by atoms with Gasteiger partial charge >= 0.3 is 0 Å². The average Bonchev–Trinajstić information content (AvgIpc) is 2.16. The summed E-state index contributed by atoms with van der Waals surface area (Å²) in [7, 11) is 0. The molecule has 0 nitrogen and oxygen atoms in total. The molecular weight excluding hydrogens is 156 g/mol. The lowest BCUT2D eigenvalue weighted by Gasteiger charge is -2.05. The van der Waals surface area contributed by atoms with Gasteiger partial charge < -0.3 is 0 Å². The lowest BCUT2D eigenvalue weighted by atomic mass is 10.0. The number of allylic oxidation sites excluding steroid dienone is 2. The van der Waals surface area contributed by atoms with E-state index in [0.717, 1.165) is 0 Å². The molecule has 0 aliphatic heterocycles. The molecule has 0 fully saturated rings. The van der Waals surface area contributed by atoms with Crippen molar-refractivity contribution in [3.8, 4) is 0 Å². The highest BCUT2D eigenvalue weighted by atomic mass is 14.0. The first-order valence-corrected chi connectivity index (χ1v) is 4.55. The van der Waals surface area contributed by atoms with E-state index in [1.54, 1.807) is 0 Å². The maximum absolute atomic E-state index is 3.77. The van der Waals surface area contributed by atoms with Crippen LogP contribution in [0.1, 0.15) is 30.5 Å². The van der Waals surface area contributed by atoms with Crippen LogP contribution in [0.25, 0.3) is 11.6 Å². The normalized spacial score (nSPS) is 11.5. The second-order valence-electron chi connectivity index (χ2n) is 3.25. The van der Waals surface area contributed by atoms with Gasteiger partial charge in [-0.05, 0) is 43.0 Å². The predicted octanol–water partition coefficient (Wildman–Crippen LogP) is 4.06. The van der Waals surface area contributed by atoms with Crippen LogP contribution < -0.4 is 0 Å². The van der Waals surface area contributed by atoms with Gasteiger partial charge in [-0.2, -0.15) is 0 Å². The molecule has 1 aromatic rings. The van der Waals surface area contributed by atoms with E-state index in [-0.39, 0.29) is 0 Å². The summed E-state index contributed by atoms with van der Waals surface area (Å²) in [5, 5.41) is 0. The molecule has 1 aromatic carbocycles. The van der Waals surface area contributed by atoms with Gasteiger partial charge in [-0.25, -0.2) is 0 Å². The Bertz CT molecular complexity index is 343. The molecule has 68 valence electrons. The van der Waals surface area contributed by atoms with Gasteiger partial charge in [0, 0.05) is 0 Å². The van der Waals surface area contributed by atoms with E-state index < -0.39 is 0 Å². The maximum atomic E-state index is 3.77. The van der Waals surface area contributed by atoms with Gasteiger partial charge in [-0.3, -0.25) is 0 Å². The van der Waals surface area contributed by atoms with E-state index in [1.165, 1.54) is 22.3 Å². The first kappa shape index (κ1) is 9.79. The number of benzene rings is 1. The minimum atomic E-state index is 1.22. The molecule has 0 N–H and O–H groups in total. The summed E-state index contributed by atoms with van der Waals surface area (Å²) in [6, 6.07) is 6.45. The molecule has 0 aliphatic carbocycles. The Balaban J connectivity index is 3.17. The zero-order valence-corrected chi connectivity index (χ0v) is 8.59. The minimum Gasteiger partial charge on any atom is -0.0985 e. The van der Waals surface area contributed by atoms with E-state index in [4.69, 9.17) is 0 Å². The Hall–Kier alpha value is -1.30. The van der Waals surface area contributed by atoms with Crippen molar-refractivity contribution < 1.29 is 0 Å². The first-order valence-electron chi connectivity index (χ1n) is 4.55. The predicted molar refractivity (Wildman–Crippen MR) is 60.6 cm³/mol. The van der Waals surface area contributed by atoms with E-state index in [2.05, 4.69) is 51.6 Å². The van der Waals surface area contributed by atoms with Gasteiger partial charge in [0.25, 0.3) is 0 Å². The maximum Gasteiger partial charge on any atom is -0.0228 e. The van der Waals surface area contributed by atoms with Gasteiger partial charge in [-0.1, -0.05) is 36.9 Å². The highest BCUT2D eigenvalue weighted by Crippen LogP contribution is 2.18. The van der Waals surface area contributed by atoms with Crippen molar-refractivity contribution in [2.45, 2.75) is 20.8 Å². The number of hydrogen-bond donors (Lipinski definition) is 0. The molecule has 0 aliphatic rings. The van der Waals surface area contributed by atoms with E-state index in [9.17, 15) is 0 Å². The van der Waals surface area contributed by atoms with Crippen LogP contribution in [0.3, 0.4) is 0 Å². The van der Waals surface area contributed by atoms with Gasteiger partial charge in [0.05, 0.1) is 0 Å². The monoisotopic (exact) mass is 172 g/mol. The quantitative estimate of drug-likeness (QED) is 0.631. The van der Waals surface area contributed by atoms with Crippen molar-refractivity contribution in [3.05, 3.63) is 47.5 Å². The molecule has 0 radical (unpaired) electrons. The Morgan fingerprint density at radius 3 is 2.54 bits per heavy atom. The van der Waals surface area contributed by atoms with Gasteiger partial charge in [0.2, 0.25) is 0 Å². The van der Waals surface area contributed by atoms with Crippen LogP contribution in [-0.4, -0.2) is 0 Å². The Morgan fingerprint density at radius 2 is 2.08 bits per heavy atom. The Kier molecular flexibility index (Phi) is 3.07. The molecule has 0 heteroatoms. The van der Waals surface area contributed by atoms with Crippen LogP contribution in [-0.2, 0) is 0 Å². The van der Waals surface area contributed by atoms with Crippen LogP contribution in [0, 0.1) is 6.92 Å². The molecule has 0 amide bonds. The lowest BCUT2D eigenvalue weighted by Crippen LogP contribution is -1.84. The summed E-state index contributed by atoms with van der Waals surface area (Å²) < 4.78 is 0.